The number of aromatic nitrogens is 2. The van der Waals surface area contributed by atoms with E-state index in [1.165, 1.54) is 6.07 Å². The largest absolute Gasteiger partial charge is 0.288 e. The highest BCUT2D eigenvalue weighted by Gasteiger charge is 1.83. The van der Waals surface area contributed by atoms with Gasteiger partial charge in [0, 0.05) is 6.07 Å². The van der Waals surface area contributed by atoms with E-state index < -0.39 is 0 Å². The SMILES string of the molecule is O=c1cn[nH]c(Cl)c1. The van der Waals surface area contributed by atoms with E-state index in [9.17, 15) is 4.79 Å². The van der Waals surface area contributed by atoms with Gasteiger partial charge in [0.1, 0.15) is 5.15 Å². The summed E-state index contributed by atoms with van der Waals surface area (Å²) in [7, 11) is 0. The van der Waals surface area contributed by atoms with Crippen molar-refractivity contribution in [3.8, 4) is 0 Å². The lowest BCUT2D eigenvalue weighted by molar-refractivity contribution is 1.02. The molecule has 0 amide bonds. The quantitative estimate of drug-likeness (QED) is 0.553. The second kappa shape index (κ2) is 1.96. The molecule has 0 saturated heterocycles. The molecule has 0 aromatic carbocycles. The molecular formula is C4H3ClN2O. The van der Waals surface area contributed by atoms with Crippen LogP contribution in [-0.4, -0.2) is 10.2 Å². The molecule has 3 nitrogen and oxygen atoms in total. The van der Waals surface area contributed by atoms with Gasteiger partial charge in [-0.3, -0.25) is 9.89 Å². The molecule has 0 bridgehead atoms. The molecular weight excluding hydrogens is 128 g/mol. The molecule has 1 rings (SSSR count). The normalized spacial score (nSPS) is 9.12. The molecule has 0 aliphatic rings. The summed E-state index contributed by atoms with van der Waals surface area (Å²) in [5.74, 6) is 0. The van der Waals surface area contributed by atoms with E-state index >= 15 is 0 Å². The van der Waals surface area contributed by atoms with Gasteiger partial charge in [0.05, 0.1) is 6.20 Å². The maximum atomic E-state index is 10.3. The Morgan fingerprint density at radius 3 is 2.88 bits per heavy atom. The number of H-pyrrole nitrogens is 1. The molecule has 4 heteroatoms. The summed E-state index contributed by atoms with van der Waals surface area (Å²) in [6.07, 6.45) is 1.16. The first kappa shape index (κ1) is 5.31. The predicted octanol–water partition coefficient (Wildman–Crippen LogP) is 0.423. The van der Waals surface area contributed by atoms with Gasteiger partial charge in [-0.2, -0.15) is 5.10 Å². The molecule has 8 heavy (non-hydrogen) atoms. The van der Waals surface area contributed by atoms with Gasteiger partial charge >= 0.3 is 0 Å². The average Bonchev–Trinajstić information content (AvgIpc) is 1.64. The minimum absolute atomic E-state index is 0.186. The van der Waals surface area contributed by atoms with Gasteiger partial charge in [-0.05, 0) is 0 Å². The maximum absolute atomic E-state index is 10.3. The summed E-state index contributed by atoms with van der Waals surface area (Å²) in [4.78, 5) is 10.3. The third kappa shape index (κ3) is 1.07. The van der Waals surface area contributed by atoms with Crippen molar-refractivity contribution in [3.05, 3.63) is 27.6 Å². The highest BCUT2D eigenvalue weighted by Crippen LogP contribution is 1.92. The second-order valence-corrected chi connectivity index (χ2v) is 1.67. The molecule has 1 aromatic rings. The summed E-state index contributed by atoms with van der Waals surface area (Å²) < 4.78 is 0. The Morgan fingerprint density at radius 1 is 1.75 bits per heavy atom. The van der Waals surface area contributed by atoms with Crippen LogP contribution in [0.1, 0.15) is 0 Å². The number of aromatic amines is 1. The van der Waals surface area contributed by atoms with E-state index in [1.54, 1.807) is 0 Å². The first-order valence-electron chi connectivity index (χ1n) is 1.99. The van der Waals surface area contributed by atoms with Crippen LogP contribution in [0, 0.1) is 0 Å². The summed E-state index contributed by atoms with van der Waals surface area (Å²) in [5.41, 5.74) is -0.186. The van der Waals surface area contributed by atoms with Crippen LogP contribution in [0.25, 0.3) is 0 Å². The van der Waals surface area contributed by atoms with Gasteiger partial charge in [0.15, 0.2) is 0 Å². The standard InChI is InChI=1S/C4H3ClN2O/c5-4-1-3(8)2-6-7-4/h1-2H,(H,7,8). The summed E-state index contributed by atoms with van der Waals surface area (Å²) in [6, 6.07) is 1.26. The van der Waals surface area contributed by atoms with Gasteiger partial charge in [-0.25, -0.2) is 0 Å². The highest BCUT2D eigenvalue weighted by atomic mass is 35.5. The fourth-order valence-corrected chi connectivity index (χ4v) is 0.508. The Labute approximate surface area is 50.3 Å². The Hall–Kier alpha value is -0.830. The summed E-state index contributed by atoms with van der Waals surface area (Å²) in [5, 5.41) is 6.06. The van der Waals surface area contributed by atoms with Crippen LogP contribution in [0.4, 0.5) is 0 Å². The van der Waals surface area contributed by atoms with Crippen molar-refractivity contribution >= 4 is 11.6 Å². The minimum Gasteiger partial charge on any atom is -0.288 e. The van der Waals surface area contributed by atoms with Gasteiger partial charge in [-0.1, -0.05) is 11.6 Å². The molecule has 1 N–H and O–H groups in total. The highest BCUT2D eigenvalue weighted by molar-refractivity contribution is 6.29. The van der Waals surface area contributed by atoms with Crippen LogP contribution in [0.15, 0.2) is 17.1 Å². The Bertz CT molecular complexity index is 231. The second-order valence-electron chi connectivity index (χ2n) is 1.26. The fraction of sp³-hybridized carbons (Fsp3) is 0. The molecule has 0 radical (unpaired) electrons. The van der Waals surface area contributed by atoms with Crippen LogP contribution < -0.4 is 5.43 Å². The maximum Gasteiger partial charge on any atom is 0.201 e. The first-order chi connectivity index (χ1) is 3.79. The van der Waals surface area contributed by atoms with Crippen molar-refractivity contribution in [2.24, 2.45) is 0 Å². The molecule has 0 spiro atoms. The van der Waals surface area contributed by atoms with Crippen molar-refractivity contribution < 1.29 is 0 Å². The Balaban J connectivity index is 3.28. The van der Waals surface area contributed by atoms with Crippen LogP contribution >= 0.6 is 11.6 Å². The van der Waals surface area contributed by atoms with E-state index in [4.69, 9.17) is 11.6 Å². The number of hydrogen-bond acceptors (Lipinski definition) is 2. The van der Waals surface area contributed by atoms with E-state index in [1.807, 2.05) is 0 Å². The Kier molecular flexibility index (Phi) is 1.30. The third-order valence-corrected chi connectivity index (χ3v) is 0.826. The van der Waals surface area contributed by atoms with Crippen LogP contribution in [0.3, 0.4) is 0 Å². The van der Waals surface area contributed by atoms with Crippen molar-refractivity contribution in [3.63, 3.8) is 0 Å². The average molecular weight is 131 g/mol. The monoisotopic (exact) mass is 130 g/mol. The zero-order valence-corrected chi connectivity index (χ0v) is 4.64. The molecule has 0 aliphatic heterocycles. The van der Waals surface area contributed by atoms with E-state index in [-0.39, 0.29) is 10.6 Å². The number of nitrogens with zero attached hydrogens (tertiary/aromatic N) is 1. The number of halogens is 1. The molecule has 0 fully saturated rings. The lowest BCUT2D eigenvalue weighted by atomic mass is 10.6. The van der Waals surface area contributed by atoms with E-state index in [2.05, 4.69) is 10.2 Å². The van der Waals surface area contributed by atoms with Gasteiger partial charge < -0.3 is 0 Å². The lowest BCUT2D eigenvalue weighted by Gasteiger charge is -1.81. The van der Waals surface area contributed by atoms with Crippen molar-refractivity contribution in [2.45, 2.75) is 0 Å². The summed E-state index contributed by atoms with van der Waals surface area (Å²) in [6.45, 7) is 0. The summed E-state index contributed by atoms with van der Waals surface area (Å²) >= 11 is 5.33. The van der Waals surface area contributed by atoms with Crippen LogP contribution in [0.2, 0.25) is 5.15 Å². The molecule has 0 aliphatic carbocycles. The molecule has 0 unspecified atom stereocenters. The number of nitrogens with one attached hydrogen (secondary N) is 1. The zero-order chi connectivity index (χ0) is 5.98. The van der Waals surface area contributed by atoms with Crippen LogP contribution in [-0.2, 0) is 0 Å². The Morgan fingerprint density at radius 2 is 2.50 bits per heavy atom. The topological polar surface area (TPSA) is 45.8 Å². The predicted molar refractivity (Wildman–Crippen MR) is 29.9 cm³/mol. The molecule has 1 aromatic heterocycles. The molecule has 0 saturated carbocycles. The zero-order valence-electron chi connectivity index (χ0n) is 3.89. The fourth-order valence-electron chi connectivity index (χ4n) is 0.352. The molecule has 42 valence electrons. The molecule has 1 heterocycles. The van der Waals surface area contributed by atoms with E-state index in [0.717, 1.165) is 6.20 Å². The van der Waals surface area contributed by atoms with Crippen molar-refractivity contribution in [1.29, 1.82) is 0 Å². The first-order valence-corrected chi connectivity index (χ1v) is 2.37. The number of hydrogen-bond donors (Lipinski definition) is 1. The van der Waals surface area contributed by atoms with Crippen molar-refractivity contribution in [2.75, 3.05) is 0 Å². The van der Waals surface area contributed by atoms with Gasteiger partial charge in [-0.15, -0.1) is 0 Å². The lowest BCUT2D eigenvalue weighted by Crippen LogP contribution is -1.98. The number of rotatable bonds is 0. The molecule has 0 atom stereocenters. The minimum atomic E-state index is -0.186. The van der Waals surface area contributed by atoms with Crippen LogP contribution in [0.5, 0.6) is 0 Å². The third-order valence-electron chi connectivity index (χ3n) is 0.632. The van der Waals surface area contributed by atoms with Gasteiger partial charge in [0.25, 0.3) is 0 Å². The van der Waals surface area contributed by atoms with Crippen molar-refractivity contribution in [1.82, 2.24) is 10.2 Å². The van der Waals surface area contributed by atoms with E-state index in [0.29, 0.717) is 0 Å². The smallest absolute Gasteiger partial charge is 0.201 e. The van der Waals surface area contributed by atoms with Gasteiger partial charge in [0.2, 0.25) is 5.43 Å².